The molecule has 0 bridgehead atoms. The van der Waals surface area contributed by atoms with Crippen LogP contribution in [-0.4, -0.2) is 19.9 Å². The van der Waals surface area contributed by atoms with E-state index in [-0.39, 0.29) is 11.8 Å². The van der Waals surface area contributed by atoms with E-state index in [1.807, 2.05) is 42.9 Å². The Balaban J connectivity index is 1.14. The number of para-hydroxylation sites is 1. The lowest BCUT2D eigenvalue weighted by Crippen LogP contribution is -2.30. The molecule has 4 heteroatoms. The smallest absolute Gasteiger partial charge is 0.0978 e. The van der Waals surface area contributed by atoms with Gasteiger partial charge >= 0.3 is 0 Å². The molecule has 2 atom stereocenters. The lowest BCUT2D eigenvalue weighted by molar-refractivity contribution is 0.569. The van der Waals surface area contributed by atoms with Gasteiger partial charge in [0.05, 0.1) is 27.9 Å². The molecule has 0 saturated heterocycles. The molecule has 1 unspecified atom stereocenters. The number of benzene rings is 2. The first-order valence-electron chi connectivity index (χ1n) is 15.7. The largest absolute Gasteiger partial charge is 0.255 e. The number of rotatable bonds is 3. The van der Waals surface area contributed by atoms with Crippen molar-refractivity contribution in [3.8, 4) is 11.4 Å². The second-order valence-corrected chi connectivity index (χ2v) is 12.2. The molecule has 10 rings (SSSR count). The van der Waals surface area contributed by atoms with Crippen molar-refractivity contribution >= 4 is 43.9 Å². The molecule has 6 aromatic rings. The first-order chi connectivity index (χ1) is 22.8. The highest BCUT2D eigenvalue weighted by molar-refractivity contribution is 6.15. The number of nitrogens with zero attached hydrogens (tertiary/aromatic N) is 4. The summed E-state index contributed by atoms with van der Waals surface area (Å²) < 4.78 is 0. The van der Waals surface area contributed by atoms with E-state index in [2.05, 4.69) is 108 Å². The molecule has 4 heterocycles. The lowest BCUT2D eigenvalue weighted by atomic mass is 9.61. The van der Waals surface area contributed by atoms with E-state index in [1.165, 1.54) is 39.0 Å². The molecule has 4 aliphatic carbocycles. The van der Waals surface area contributed by atoms with E-state index in [1.54, 1.807) is 0 Å². The summed E-state index contributed by atoms with van der Waals surface area (Å²) >= 11 is 0. The topological polar surface area (TPSA) is 51.6 Å². The SMILES string of the molecule is C1=CC(c2ccc(-c3ccccn3)nc2)=C2C=CC3=CC=C(c4c5ccccc5nc5c4ccc4cccnc45)C4=CC=C1C2[C@H]34. The average Bonchev–Trinajstić information content (AvgIpc) is 3.13. The van der Waals surface area contributed by atoms with Gasteiger partial charge in [-0.3, -0.25) is 15.0 Å². The Morgan fingerprint density at radius 1 is 0.543 bits per heavy atom. The Labute approximate surface area is 265 Å². The van der Waals surface area contributed by atoms with Gasteiger partial charge in [0.25, 0.3) is 0 Å². The van der Waals surface area contributed by atoms with Gasteiger partial charge in [0.1, 0.15) is 0 Å². The van der Waals surface area contributed by atoms with E-state index in [9.17, 15) is 0 Å². The maximum absolute atomic E-state index is 5.16. The van der Waals surface area contributed by atoms with Crippen molar-refractivity contribution in [3.05, 3.63) is 179 Å². The predicted octanol–water partition coefficient (Wildman–Crippen LogP) is 9.41. The van der Waals surface area contributed by atoms with Crippen LogP contribution in [0.1, 0.15) is 11.1 Å². The third kappa shape index (κ3) is 3.67. The van der Waals surface area contributed by atoms with Crippen molar-refractivity contribution in [3.63, 3.8) is 0 Å². The van der Waals surface area contributed by atoms with E-state index < -0.39 is 0 Å². The van der Waals surface area contributed by atoms with Crippen LogP contribution in [0.25, 0.3) is 55.2 Å². The van der Waals surface area contributed by atoms with Crippen molar-refractivity contribution in [1.82, 2.24) is 19.9 Å². The molecular formula is C42H26N4. The van der Waals surface area contributed by atoms with Crippen molar-refractivity contribution < 1.29 is 0 Å². The Kier molecular flexibility index (Phi) is 5.37. The highest BCUT2D eigenvalue weighted by Crippen LogP contribution is 2.54. The van der Waals surface area contributed by atoms with Crippen molar-refractivity contribution in [2.45, 2.75) is 0 Å². The van der Waals surface area contributed by atoms with Crippen molar-refractivity contribution in [1.29, 1.82) is 0 Å². The molecule has 214 valence electrons. The Morgan fingerprint density at radius 3 is 2.30 bits per heavy atom. The standard InChI is InChI=1S/C42H26N4/c1-2-8-35-33(7-1)40(34-20-14-27-6-5-23-44-41(27)42(34)46-35)32-19-13-26-11-17-30-29(16-10-25-12-18-31(32)39(26)38(25)30)28-15-21-37(45-24-28)36-9-3-4-22-43-36/h1-24,38-39H/t38?,39-/m1/s1. The molecule has 4 nitrogen and oxygen atoms in total. The minimum atomic E-state index is 0.223. The van der Waals surface area contributed by atoms with Gasteiger partial charge in [-0.05, 0) is 63.8 Å². The molecule has 0 N–H and O–H groups in total. The summed E-state index contributed by atoms with van der Waals surface area (Å²) in [6.45, 7) is 0. The van der Waals surface area contributed by atoms with E-state index >= 15 is 0 Å². The second kappa shape index (κ2) is 9.75. The van der Waals surface area contributed by atoms with Crippen LogP contribution in [0.4, 0.5) is 0 Å². The van der Waals surface area contributed by atoms with Crippen LogP contribution < -0.4 is 0 Å². The minimum Gasteiger partial charge on any atom is -0.255 e. The van der Waals surface area contributed by atoms with Crippen LogP contribution in [0.3, 0.4) is 0 Å². The molecule has 0 fully saturated rings. The van der Waals surface area contributed by atoms with Crippen LogP contribution in [-0.2, 0) is 0 Å². The summed E-state index contributed by atoms with van der Waals surface area (Å²) in [6.07, 6.45) is 24.2. The summed E-state index contributed by atoms with van der Waals surface area (Å²) in [6, 6.07) is 27.2. The molecule has 0 aliphatic heterocycles. The van der Waals surface area contributed by atoms with E-state index in [0.717, 1.165) is 49.7 Å². The zero-order chi connectivity index (χ0) is 30.2. The monoisotopic (exact) mass is 586 g/mol. The first-order valence-corrected chi connectivity index (χ1v) is 15.7. The van der Waals surface area contributed by atoms with Gasteiger partial charge in [-0.2, -0.15) is 0 Å². The fourth-order valence-electron chi connectivity index (χ4n) is 7.77. The molecule has 0 radical (unpaired) electrons. The highest BCUT2D eigenvalue weighted by atomic mass is 14.8. The van der Waals surface area contributed by atoms with E-state index in [4.69, 9.17) is 15.0 Å². The lowest BCUT2D eigenvalue weighted by Gasteiger charge is -2.42. The molecular weight excluding hydrogens is 560 g/mol. The number of fused-ring (bicyclic) bond motifs is 4. The van der Waals surface area contributed by atoms with Gasteiger partial charge in [-0.1, -0.05) is 97.1 Å². The molecule has 2 aromatic carbocycles. The molecule has 0 saturated carbocycles. The van der Waals surface area contributed by atoms with Crippen molar-refractivity contribution in [2.24, 2.45) is 11.8 Å². The van der Waals surface area contributed by atoms with Crippen LogP contribution in [0.5, 0.6) is 0 Å². The minimum absolute atomic E-state index is 0.223. The van der Waals surface area contributed by atoms with Crippen LogP contribution in [0.15, 0.2) is 168 Å². The summed E-state index contributed by atoms with van der Waals surface area (Å²) in [5, 5.41) is 3.40. The number of hydrogen-bond acceptors (Lipinski definition) is 4. The summed E-state index contributed by atoms with van der Waals surface area (Å²) in [7, 11) is 0. The fraction of sp³-hybridized carbons (Fsp3) is 0.0476. The number of hydrogen-bond donors (Lipinski definition) is 0. The van der Waals surface area contributed by atoms with Gasteiger partial charge in [0.15, 0.2) is 0 Å². The fourth-order valence-corrected chi connectivity index (χ4v) is 7.77. The Hall–Kier alpha value is -6.00. The third-order valence-electron chi connectivity index (χ3n) is 9.83. The molecule has 0 amide bonds. The predicted molar refractivity (Wildman–Crippen MR) is 186 cm³/mol. The maximum Gasteiger partial charge on any atom is 0.0978 e. The quantitative estimate of drug-likeness (QED) is 0.153. The number of allylic oxidation sites excluding steroid dienone is 14. The van der Waals surface area contributed by atoms with Gasteiger partial charge < -0.3 is 0 Å². The zero-order valence-electron chi connectivity index (χ0n) is 24.8. The van der Waals surface area contributed by atoms with E-state index in [0.29, 0.717) is 0 Å². The van der Waals surface area contributed by atoms with Gasteiger partial charge in [-0.15, -0.1) is 0 Å². The average molecular weight is 587 g/mol. The highest BCUT2D eigenvalue weighted by Gasteiger charge is 2.41. The summed E-state index contributed by atoms with van der Waals surface area (Å²) in [4.78, 5) is 19.2. The maximum atomic E-state index is 5.16. The van der Waals surface area contributed by atoms with Gasteiger partial charge in [0, 0.05) is 57.7 Å². The summed E-state index contributed by atoms with van der Waals surface area (Å²) in [5.41, 5.74) is 14.9. The summed E-state index contributed by atoms with van der Waals surface area (Å²) in [5.74, 6) is 0.457. The van der Waals surface area contributed by atoms with Crippen LogP contribution >= 0.6 is 0 Å². The normalized spacial score (nSPS) is 19.6. The van der Waals surface area contributed by atoms with Gasteiger partial charge in [0.2, 0.25) is 0 Å². The first kappa shape index (κ1) is 25.3. The number of aromatic nitrogens is 4. The van der Waals surface area contributed by atoms with Crippen LogP contribution in [0.2, 0.25) is 0 Å². The number of pyridine rings is 4. The molecule has 0 spiro atoms. The molecule has 4 aromatic heterocycles. The zero-order valence-corrected chi connectivity index (χ0v) is 24.8. The Morgan fingerprint density at radius 2 is 1.39 bits per heavy atom. The second-order valence-electron chi connectivity index (χ2n) is 12.2. The molecule has 4 aliphatic rings. The van der Waals surface area contributed by atoms with Crippen molar-refractivity contribution in [2.75, 3.05) is 0 Å². The van der Waals surface area contributed by atoms with Crippen LogP contribution in [0, 0.1) is 11.8 Å². The molecule has 46 heavy (non-hydrogen) atoms. The third-order valence-corrected chi connectivity index (χ3v) is 9.83. The Bertz CT molecular complexity index is 2510. The van der Waals surface area contributed by atoms with Gasteiger partial charge in [-0.25, -0.2) is 4.98 Å².